The first-order chi connectivity index (χ1) is 21.7. The van der Waals surface area contributed by atoms with Gasteiger partial charge in [0.2, 0.25) is 0 Å². The van der Waals surface area contributed by atoms with Crippen molar-refractivity contribution >= 4 is 28.7 Å². The number of halogens is 1. The Hall–Kier alpha value is -5.44. The zero-order valence-corrected chi connectivity index (χ0v) is 24.8. The van der Waals surface area contributed by atoms with Gasteiger partial charge in [0.25, 0.3) is 0 Å². The van der Waals surface area contributed by atoms with Crippen LogP contribution in [-0.4, -0.2) is 4.98 Å². The van der Waals surface area contributed by atoms with Crippen LogP contribution < -0.4 is 4.90 Å². The van der Waals surface area contributed by atoms with Crippen molar-refractivity contribution < 1.29 is 0 Å². The van der Waals surface area contributed by atoms with E-state index < -0.39 is 0 Å². The lowest BCUT2D eigenvalue weighted by Gasteiger charge is -2.26. The van der Waals surface area contributed by atoms with Gasteiger partial charge in [-0.2, -0.15) is 0 Å². The Morgan fingerprint density at radius 2 is 0.841 bits per heavy atom. The van der Waals surface area contributed by atoms with E-state index in [4.69, 9.17) is 11.6 Å². The van der Waals surface area contributed by atoms with Crippen LogP contribution in [0, 0.1) is 0 Å². The summed E-state index contributed by atoms with van der Waals surface area (Å²) in [5.41, 5.74) is 12.0. The van der Waals surface area contributed by atoms with E-state index in [0.717, 1.165) is 44.9 Å². The van der Waals surface area contributed by atoms with Crippen molar-refractivity contribution in [3.8, 4) is 44.5 Å². The van der Waals surface area contributed by atoms with E-state index in [-0.39, 0.29) is 0 Å². The van der Waals surface area contributed by atoms with Gasteiger partial charge in [0.1, 0.15) is 0 Å². The fraction of sp³-hybridized carbons (Fsp3) is 0. The van der Waals surface area contributed by atoms with E-state index in [0.29, 0.717) is 5.02 Å². The smallest absolute Gasteiger partial charge is 0.0644 e. The zero-order valence-electron chi connectivity index (χ0n) is 24.0. The van der Waals surface area contributed by atoms with E-state index in [9.17, 15) is 0 Å². The average Bonchev–Trinajstić information content (AvgIpc) is 3.10. The highest BCUT2D eigenvalue weighted by molar-refractivity contribution is 6.31. The SMILES string of the molecule is Clc1cc(-c2cc(-c3ccccc3)cc(-c3ccccc3)c2)cc(N(c2cccnc2)c2cccc(-c3ccccc3)c2)c1. The molecule has 0 aliphatic carbocycles. The Bertz CT molecular complexity index is 1950. The maximum Gasteiger partial charge on any atom is 0.0644 e. The standard InChI is InChI=1S/C41H29ClN2/c42-38-25-37(36-23-34(31-14-6-2-7-15-31)22-35(24-36)32-16-8-3-9-17-32)27-41(28-38)44(40-20-11-21-43-29-40)39-19-10-18-33(26-39)30-12-4-1-5-13-30/h1-29H. The van der Waals surface area contributed by atoms with Gasteiger partial charge >= 0.3 is 0 Å². The molecule has 7 aromatic rings. The molecule has 0 aliphatic heterocycles. The molecule has 0 bridgehead atoms. The molecule has 210 valence electrons. The van der Waals surface area contributed by atoms with Gasteiger partial charge in [-0.25, -0.2) is 0 Å². The summed E-state index contributed by atoms with van der Waals surface area (Å²) in [6.45, 7) is 0. The molecule has 1 heterocycles. The molecule has 0 atom stereocenters. The lowest BCUT2D eigenvalue weighted by molar-refractivity contribution is 1.23. The summed E-state index contributed by atoms with van der Waals surface area (Å²) < 4.78 is 0. The first kappa shape index (κ1) is 27.4. The molecule has 0 amide bonds. The summed E-state index contributed by atoms with van der Waals surface area (Å²) in [7, 11) is 0. The van der Waals surface area contributed by atoms with Gasteiger partial charge in [0.15, 0.2) is 0 Å². The number of benzene rings is 6. The molecular weight excluding hydrogens is 556 g/mol. The average molecular weight is 585 g/mol. The van der Waals surface area contributed by atoms with Crippen molar-refractivity contribution in [3.05, 3.63) is 181 Å². The minimum absolute atomic E-state index is 0.664. The second-order valence-corrected chi connectivity index (χ2v) is 11.1. The summed E-state index contributed by atoms with van der Waals surface area (Å²) >= 11 is 6.92. The van der Waals surface area contributed by atoms with Gasteiger partial charge in [0.05, 0.1) is 11.9 Å². The van der Waals surface area contributed by atoms with E-state index in [2.05, 4.69) is 149 Å². The topological polar surface area (TPSA) is 16.1 Å². The molecule has 0 radical (unpaired) electrons. The van der Waals surface area contributed by atoms with Crippen LogP contribution in [0.25, 0.3) is 44.5 Å². The van der Waals surface area contributed by atoms with Crippen molar-refractivity contribution in [2.45, 2.75) is 0 Å². The van der Waals surface area contributed by atoms with Crippen LogP contribution in [0.4, 0.5) is 17.1 Å². The molecule has 0 spiro atoms. The summed E-state index contributed by atoms with van der Waals surface area (Å²) in [6.07, 6.45) is 3.69. The van der Waals surface area contributed by atoms with Gasteiger partial charge in [0, 0.05) is 22.6 Å². The number of rotatable bonds is 7. The highest BCUT2D eigenvalue weighted by Crippen LogP contribution is 2.41. The summed E-state index contributed by atoms with van der Waals surface area (Å²) in [6, 6.07) is 57.1. The number of hydrogen-bond acceptors (Lipinski definition) is 2. The fourth-order valence-corrected chi connectivity index (χ4v) is 5.88. The lowest BCUT2D eigenvalue weighted by atomic mass is 9.93. The first-order valence-corrected chi connectivity index (χ1v) is 15.0. The molecule has 0 fully saturated rings. The quantitative estimate of drug-likeness (QED) is 0.185. The minimum Gasteiger partial charge on any atom is -0.309 e. The van der Waals surface area contributed by atoms with Crippen molar-refractivity contribution in [1.29, 1.82) is 0 Å². The maximum absolute atomic E-state index is 6.92. The normalized spacial score (nSPS) is 10.8. The van der Waals surface area contributed by atoms with Crippen LogP contribution in [0.1, 0.15) is 0 Å². The van der Waals surface area contributed by atoms with Crippen LogP contribution in [0.15, 0.2) is 176 Å². The number of anilines is 3. The molecular formula is C41H29ClN2. The van der Waals surface area contributed by atoms with E-state index in [1.165, 1.54) is 16.7 Å². The third kappa shape index (κ3) is 5.89. The first-order valence-electron chi connectivity index (χ1n) is 14.6. The zero-order chi connectivity index (χ0) is 29.7. The van der Waals surface area contributed by atoms with Crippen LogP contribution >= 0.6 is 11.6 Å². The summed E-state index contributed by atoms with van der Waals surface area (Å²) in [4.78, 5) is 6.67. The van der Waals surface area contributed by atoms with Gasteiger partial charge in [-0.05, 0) is 105 Å². The summed E-state index contributed by atoms with van der Waals surface area (Å²) in [5.74, 6) is 0. The molecule has 0 aliphatic rings. The van der Waals surface area contributed by atoms with Crippen molar-refractivity contribution in [2.75, 3.05) is 4.90 Å². The van der Waals surface area contributed by atoms with Crippen LogP contribution in [-0.2, 0) is 0 Å². The Labute approximate surface area is 263 Å². The number of nitrogens with zero attached hydrogens (tertiary/aromatic N) is 2. The highest BCUT2D eigenvalue weighted by Gasteiger charge is 2.16. The molecule has 7 rings (SSSR count). The molecule has 6 aromatic carbocycles. The predicted octanol–water partition coefficient (Wildman–Crippen LogP) is 11.9. The molecule has 0 saturated heterocycles. The third-order valence-electron chi connectivity index (χ3n) is 7.74. The Morgan fingerprint density at radius 1 is 0.364 bits per heavy atom. The highest BCUT2D eigenvalue weighted by atomic mass is 35.5. The fourth-order valence-electron chi connectivity index (χ4n) is 5.65. The summed E-state index contributed by atoms with van der Waals surface area (Å²) in [5, 5.41) is 0.664. The van der Waals surface area contributed by atoms with Gasteiger partial charge in [-0.3, -0.25) is 4.98 Å². The molecule has 2 nitrogen and oxygen atoms in total. The van der Waals surface area contributed by atoms with Crippen molar-refractivity contribution in [1.82, 2.24) is 4.98 Å². The van der Waals surface area contributed by atoms with Crippen molar-refractivity contribution in [2.24, 2.45) is 0 Å². The van der Waals surface area contributed by atoms with Crippen LogP contribution in [0.5, 0.6) is 0 Å². The number of pyridine rings is 1. The Kier molecular flexibility index (Phi) is 7.74. The number of hydrogen-bond donors (Lipinski definition) is 0. The third-order valence-corrected chi connectivity index (χ3v) is 7.96. The van der Waals surface area contributed by atoms with E-state index >= 15 is 0 Å². The predicted molar refractivity (Wildman–Crippen MR) is 186 cm³/mol. The molecule has 44 heavy (non-hydrogen) atoms. The van der Waals surface area contributed by atoms with Crippen LogP contribution in [0.2, 0.25) is 5.02 Å². The molecule has 0 saturated carbocycles. The van der Waals surface area contributed by atoms with Gasteiger partial charge in [-0.15, -0.1) is 0 Å². The largest absolute Gasteiger partial charge is 0.309 e. The molecule has 0 unspecified atom stereocenters. The van der Waals surface area contributed by atoms with E-state index in [1.807, 2.05) is 30.5 Å². The molecule has 3 heteroatoms. The number of aromatic nitrogens is 1. The van der Waals surface area contributed by atoms with Gasteiger partial charge in [-0.1, -0.05) is 115 Å². The monoisotopic (exact) mass is 584 g/mol. The lowest BCUT2D eigenvalue weighted by Crippen LogP contribution is -2.10. The Balaban J connectivity index is 1.39. The second kappa shape index (κ2) is 12.4. The second-order valence-electron chi connectivity index (χ2n) is 10.7. The Morgan fingerprint density at radius 3 is 1.41 bits per heavy atom. The maximum atomic E-state index is 6.92. The molecule has 1 aromatic heterocycles. The van der Waals surface area contributed by atoms with Crippen LogP contribution in [0.3, 0.4) is 0 Å². The van der Waals surface area contributed by atoms with Gasteiger partial charge < -0.3 is 4.90 Å². The minimum atomic E-state index is 0.664. The molecule has 0 N–H and O–H groups in total. The van der Waals surface area contributed by atoms with Crippen molar-refractivity contribution in [3.63, 3.8) is 0 Å². The van der Waals surface area contributed by atoms with E-state index in [1.54, 1.807) is 6.20 Å².